The Labute approximate surface area is 137 Å². The Morgan fingerprint density at radius 2 is 2.04 bits per heavy atom. The largest absolute Gasteiger partial charge is 0.490 e. The van der Waals surface area contributed by atoms with Gasteiger partial charge in [-0.05, 0) is 32.4 Å². The van der Waals surface area contributed by atoms with Crippen LogP contribution in [0.4, 0.5) is 5.69 Å². The van der Waals surface area contributed by atoms with E-state index in [-0.39, 0.29) is 5.91 Å². The van der Waals surface area contributed by atoms with Crippen molar-refractivity contribution < 1.29 is 19.1 Å². The molecule has 1 aliphatic rings. The van der Waals surface area contributed by atoms with Crippen LogP contribution in [-0.2, 0) is 4.79 Å². The van der Waals surface area contributed by atoms with Crippen LogP contribution in [0.15, 0.2) is 12.1 Å². The highest BCUT2D eigenvalue weighted by Crippen LogP contribution is 2.42. The van der Waals surface area contributed by atoms with Crippen LogP contribution >= 0.6 is 0 Å². The lowest BCUT2D eigenvalue weighted by Gasteiger charge is -2.34. The molecule has 0 saturated heterocycles. The van der Waals surface area contributed by atoms with E-state index in [2.05, 4.69) is 6.92 Å². The first kappa shape index (κ1) is 17.3. The number of hydrogen-bond donors (Lipinski definition) is 0. The number of unbranched alkanes of at least 4 members (excludes halogenated alkanes) is 3. The van der Waals surface area contributed by atoms with E-state index < -0.39 is 6.10 Å². The van der Waals surface area contributed by atoms with Gasteiger partial charge in [-0.1, -0.05) is 26.2 Å². The van der Waals surface area contributed by atoms with Crippen LogP contribution in [0, 0.1) is 0 Å². The zero-order valence-corrected chi connectivity index (χ0v) is 14.1. The lowest BCUT2D eigenvalue weighted by atomic mass is 10.1. The van der Waals surface area contributed by atoms with Crippen molar-refractivity contribution >= 4 is 17.9 Å². The van der Waals surface area contributed by atoms with Crippen LogP contribution in [0.1, 0.15) is 56.8 Å². The Morgan fingerprint density at radius 3 is 2.70 bits per heavy atom. The van der Waals surface area contributed by atoms with Crippen LogP contribution in [-0.4, -0.2) is 31.4 Å². The second-order valence-corrected chi connectivity index (χ2v) is 5.73. The minimum absolute atomic E-state index is 0.0699. The van der Waals surface area contributed by atoms with Gasteiger partial charge in [-0.3, -0.25) is 9.59 Å². The van der Waals surface area contributed by atoms with E-state index in [1.807, 2.05) is 6.92 Å². The number of anilines is 1. The summed E-state index contributed by atoms with van der Waals surface area (Å²) in [4.78, 5) is 25.4. The zero-order chi connectivity index (χ0) is 16.8. The number of carbonyl (C=O) groups is 2. The van der Waals surface area contributed by atoms with Crippen molar-refractivity contribution in [1.29, 1.82) is 0 Å². The molecule has 0 aromatic heterocycles. The molecule has 2 rings (SSSR count). The van der Waals surface area contributed by atoms with Crippen LogP contribution < -0.4 is 14.4 Å². The second-order valence-electron chi connectivity index (χ2n) is 5.73. The van der Waals surface area contributed by atoms with Crippen molar-refractivity contribution in [3.63, 3.8) is 0 Å². The molecule has 1 aromatic rings. The van der Waals surface area contributed by atoms with Gasteiger partial charge in [0.1, 0.15) is 6.29 Å². The highest BCUT2D eigenvalue weighted by Gasteiger charge is 2.33. The fourth-order valence-electron chi connectivity index (χ4n) is 2.75. The number of amides is 1. The maximum absolute atomic E-state index is 12.5. The van der Waals surface area contributed by atoms with Gasteiger partial charge in [-0.15, -0.1) is 0 Å². The van der Waals surface area contributed by atoms with Crippen LogP contribution in [0.2, 0.25) is 0 Å². The Bertz CT molecular complexity index is 570. The maximum atomic E-state index is 12.5. The Morgan fingerprint density at radius 1 is 1.26 bits per heavy atom. The summed E-state index contributed by atoms with van der Waals surface area (Å²) in [6.07, 6.45) is 4.53. The van der Waals surface area contributed by atoms with E-state index >= 15 is 0 Å². The molecule has 5 nitrogen and oxygen atoms in total. The number of fused-ring (bicyclic) bond motifs is 1. The summed E-state index contributed by atoms with van der Waals surface area (Å²) in [6, 6.07) is 3.36. The molecular weight excluding hydrogens is 294 g/mol. The summed E-state index contributed by atoms with van der Waals surface area (Å²) in [6.45, 7) is 6.87. The number of rotatable bonds is 8. The van der Waals surface area contributed by atoms with E-state index in [1.54, 1.807) is 24.0 Å². The van der Waals surface area contributed by atoms with Gasteiger partial charge in [0.25, 0.3) is 5.91 Å². The molecule has 0 spiro atoms. The maximum Gasteiger partial charge on any atom is 0.267 e. The Balaban J connectivity index is 2.35. The number of hydrogen-bond acceptors (Lipinski definition) is 4. The molecule has 1 unspecified atom stereocenters. The van der Waals surface area contributed by atoms with Crippen molar-refractivity contribution in [2.45, 2.75) is 52.6 Å². The second kappa shape index (κ2) is 7.99. The molecule has 1 heterocycles. The van der Waals surface area contributed by atoms with Gasteiger partial charge in [0.15, 0.2) is 17.6 Å². The highest BCUT2D eigenvalue weighted by atomic mass is 16.5. The topological polar surface area (TPSA) is 55.8 Å². The third-order valence-corrected chi connectivity index (χ3v) is 3.93. The fraction of sp³-hybridized carbons (Fsp3) is 0.556. The van der Waals surface area contributed by atoms with Gasteiger partial charge in [-0.25, -0.2) is 0 Å². The third-order valence-electron chi connectivity index (χ3n) is 3.93. The molecule has 0 N–H and O–H groups in total. The smallest absolute Gasteiger partial charge is 0.267 e. The van der Waals surface area contributed by atoms with Gasteiger partial charge >= 0.3 is 0 Å². The number of aldehydes is 1. The summed E-state index contributed by atoms with van der Waals surface area (Å²) in [7, 11) is 0. The minimum atomic E-state index is -0.546. The molecule has 23 heavy (non-hydrogen) atoms. The number of nitrogens with zero attached hydrogens (tertiary/aromatic N) is 1. The molecule has 1 aliphatic heterocycles. The van der Waals surface area contributed by atoms with Gasteiger partial charge in [0, 0.05) is 12.1 Å². The molecule has 1 atom stereocenters. The molecule has 1 amide bonds. The van der Waals surface area contributed by atoms with E-state index in [4.69, 9.17) is 9.47 Å². The molecule has 0 aliphatic carbocycles. The first-order valence-electron chi connectivity index (χ1n) is 8.36. The number of benzene rings is 1. The standard InChI is InChI=1S/C18H25NO4/c1-4-6-7-8-9-19-15-10-14(12-20)11-16(22-5-2)17(15)23-13(3)18(19)21/h10-13H,4-9H2,1-3H3. The van der Waals surface area contributed by atoms with E-state index in [1.165, 1.54) is 0 Å². The average molecular weight is 319 g/mol. The van der Waals surface area contributed by atoms with Crippen molar-refractivity contribution in [2.24, 2.45) is 0 Å². The van der Waals surface area contributed by atoms with Gasteiger partial charge < -0.3 is 14.4 Å². The molecule has 0 bridgehead atoms. The molecule has 0 fully saturated rings. The predicted octanol–water partition coefficient (Wildman–Crippen LogP) is 3.59. The summed E-state index contributed by atoms with van der Waals surface area (Å²) < 4.78 is 11.4. The third kappa shape index (κ3) is 3.84. The Kier molecular flexibility index (Phi) is 6.02. The molecule has 0 radical (unpaired) electrons. The van der Waals surface area contributed by atoms with Crippen LogP contribution in [0.3, 0.4) is 0 Å². The van der Waals surface area contributed by atoms with E-state index in [9.17, 15) is 9.59 Å². The van der Waals surface area contributed by atoms with Crippen molar-refractivity contribution in [3.8, 4) is 11.5 Å². The average Bonchev–Trinajstić information content (AvgIpc) is 2.55. The minimum Gasteiger partial charge on any atom is -0.490 e. The van der Waals surface area contributed by atoms with E-state index in [0.29, 0.717) is 35.9 Å². The van der Waals surface area contributed by atoms with Gasteiger partial charge in [-0.2, -0.15) is 0 Å². The SMILES string of the molecule is CCCCCCN1C(=O)C(C)Oc2c(OCC)cc(C=O)cc21. The summed E-state index contributed by atoms with van der Waals surface area (Å²) in [5, 5.41) is 0. The number of carbonyl (C=O) groups excluding carboxylic acids is 2. The Hall–Kier alpha value is -2.04. The number of ether oxygens (including phenoxy) is 2. The quantitative estimate of drug-likeness (QED) is 0.543. The lowest BCUT2D eigenvalue weighted by Crippen LogP contribution is -2.45. The summed E-state index contributed by atoms with van der Waals surface area (Å²) in [5.41, 5.74) is 1.12. The molecule has 1 aromatic carbocycles. The lowest BCUT2D eigenvalue weighted by molar-refractivity contribution is -0.125. The van der Waals surface area contributed by atoms with E-state index in [0.717, 1.165) is 32.0 Å². The first-order valence-corrected chi connectivity index (χ1v) is 8.36. The first-order chi connectivity index (χ1) is 11.1. The van der Waals surface area contributed by atoms with Crippen LogP contribution in [0.25, 0.3) is 0 Å². The van der Waals surface area contributed by atoms with Gasteiger partial charge in [0.05, 0.1) is 12.3 Å². The predicted molar refractivity (Wildman–Crippen MR) is 89.6 cm³/mol. The normalized spacial score (nSPS) is 16.7. The van der Waals surface area contributed by atoms with Crippen molar-refractivity contribution in [2.75, 3.05) is 18.1 Å². The van der Waals surface area contributed by atoms with Crippen molar-refractivity contribution in [3.05, 3.63) is 17.7 Å². The van der Waals surface area contributed by atoms with Gasteiger partial charge in [0.2, 0.25) is 0 Å². The molecule has 5 heteroatoms. The summed E-state index contributed by atoms with van der Waals surface area (Å²) in [5.74, 6) is 1.00. The highest BCUT2D eigenvalue weighted by molar-refractivity contribution is 6.01. The molecular formula is C18H25NO4. The monoisotopic (exact) mass is 319 g/mol. The fourth-order valence-corrected chi connectivity index (χ4v) is 2.75. The zero-order valence-electron chi connectivity index (χ0n) is 14.1. The molecule has 126 valence electrons. The van der Waals surface area contributed by atoms with Crippen LogP contribution in [0.5, 0.6) is 11.5 Å². The summed E-state index contributed by atoms with van der Waals surface area (Å²) >= 11 is 0. The van der Waals surface area contributed by atoms with Crippen molar-refractivity contribution in [1.82, 2.24) is 0 Å². The molecule has 0 saturated carbocycles.